The Hall–Kier alpha value is -1.48. The Kier molecular flexibility index (Phi) is 3.00. The van der Waals surface area contributed by atoms with Gasteiger partial charge in [-0.15, -0.1) is 11.3 Å². The van der Waals surface area contributed by atoms with Crippen molar-refractivity contribution >= 4 is 38.9 Å². The minimum absolute atomic E-state index is 0.0377. The molecule has 1 N–H and O–H groups in total. The van der Waals surface area contributed by atoms with Crippen LogP contribution in [0, 0.1) is 11.8 Å². The van der Waals surface area contributed by atoms with Crippen molar-refractivity contribution in [1.29, 1.82) is 0 Å². The molecule has 0 aromatic carbocycles. The summed E-state index contributed by atoms with van der Waals surface area (Å²) in [5.74, 6) is 6.31. The van der Waals surface area contributed by atoms with Crippen molar-refractivity contribution in [2.75, 3.05) is 6.54 Å². The average molecular weight is 278 g/mol. The molecule has 2 aromatic rings. The van der Waals surface area contributed by atoms with Crippen molar-refractivity contribution in [1.82, 2.24) is 15.3 Å². The van der Waals surface area contributed by atoms with Crippen LogP contribution in [0.3, 0.4) is 0 Å². The van der Waals surface area contributed by atoms with Crippen molar-refractivity contribution in [3.8, 4) is 11.8 Å². The molecule has 18 heavy (non-hydrogen) atoms. The van der Waals surface area contributed by atoms with Crippen LogP contribution in [0.1, 0.15) is 11.3 Å². The number of nitrogens with one attached hydrogen (secondary N) is 1. The number of fused-ring (bicyclic) bond motifs is 1. The second kappa shape index (κ2) is 4.65. The molecule has 1 atom stereocenters. The van der Waals surface area contributed by atoms with Crippen molar-refractivity contribution in [2.24, 2.45) is 0 Å². The number of halogens is 1. The molecule has 0 saturated carbocycles. The van der Waals surface area contributed by atoms with Gasteiger partial charge in [0.2, 0.25) is 0 Å². The van der Waals surface area contributed by atoms with E-state index >= 15 is 0 Å². The zero-order chi connectivity index (χ0) is 12.5. The quantitative estimate of drug-likeness (QED) is 0.587. The van der Waals surface area contributed by atoms with Crippen LogP contribution in [0.4, 0.5) is 0 Å². The van der Waals surface area contributed by atoms with E-state index in [1.807, 2.05) is 6.07 Å². The Morgan fingerprint density at radius 2 is 2.39 bits per heavy atom. The molecule has 0 bridgehead atoms. The SMILES string of the molecule is O=C1CN[C@@H](C#Cc2cc3ncnc(Cl)c3s2)C1. The van der Waals surface area contributed by atoms with Crippen LogP contribution in [0.2, 0.25) is 5.15 Å². The smallest absolute Gasteiger partial charge is 0.150 e. The molecule has 0 spiro atoms. The fourth-order valence-electron chi connectivity index (χ4n) is 1.76. The van der Waals surface area contributed by atoms with E-state index in [2.05, 4.69) is 27.1 Å². The van der Waals surface area contributed by atoms with Gasteiger partial charge < -0.3 is 0 Å². The zero-order valence-electron chi connectivity index (χ0n) is 9.24. The number of thiophene rings is 1. The number of hydrogen-bond donors (Lipinski definition) is 1. The maximum absolute atomic E-state index is 11.1. The summed E-state index contributed by atoms with van der Waals surface area (Å²) in [7, 11) is 0. The van der Waals surface area contributed by atoms with Gasteiger partial charge in [0.05, 0.1) is 27.7 Å². The Morgan fingerprint density at radius 1 is 1.50 bits per heavy atom. The molecule has 1 aliphatic rings. The molecule has 1 fully saturated rings. The number of hydrogen-bond acceptors (Lipinski definition) is 5. The number of carbonyl (C=O) groups is 1. The van der Waals surface area contributed by atoms with Crippen LogP contribution >= 0.6 is 22.9 Å². The lowest BCUT2D eigenvalue weighted by Crippen LogP contribution is -2.18. The maximum Gasteiger partial charge on any atom is 0.150 e. The van der Waals surface area contributed by atoms with Gasteiger partial charge in [-0.1, -0.05) is 23.4 Å². The highest BCUT2D eigenvalue weighted by Crippen LogP contribution is 2.28. The summed E-state index contributed by atoms with van der Waals surface area (Å²) in [4.78, 5) is 20.0. The Balaban J connectivity index is 1.89. The molecule has 3 heterocycles. The molecule has 2 aromatic heterocycles. The Labute approximate surface area is 112 Å². The summed E-state index contributed by atoms with van der Waals surface area (Å²) in [6.45, 7) is 0.420. The van der Waals surface area contributed by atoms with E-state index in [1.54, 1.807) is 0 Å². The number of ketones is 1. The summed E-state index contributed by atoms with van der Waals surface area (Å²) in [6.07, 6.45) is 1.92. The average Bonchev–Trinajstić information content (AvgIpc) is 2.93. The van der Waals surface area contributed by atoms with Gasteiger partial charge >= 0.3 is 0 Å². The van der Waals surface area contributed by atoms with E-state index in [0.717, 1.165) is 15.1 Å². The van der Waals surface area contributed by atoms with Crippen LogP contribution in [0.25, 0.3) is 10.2 Å². The maximum atomic E-state index is 11.1. The van der Waals surface area contributed by atoms with Gasteiger partial charge in [0.1, 0.15) is 17.3 Å². The Morgan fingerprint density at radius 3 is 3.11 bits per heavy atom. The van der Waals surface area contributed by atoms with Crippen molar-refractivity contribution in [3.05, 3.63) is 22.4 Å². The summed E-state index contributed by atoms with van der Waals surface area (Å²) in [6, 6.07) is 1.85. The van der Waals surface area contributed by atoms with E-state index in [9.17, 15) is 4.79 Å². The molecular formula is C12H8ClN3OS. The van der Waals surface area contributed by atoms with Crippen LogP contribution < -0.4 is 5.32 Å². The summed E-state index contributed by atoms with van der Waals surface area (Å²) in [5.41, 5.74) is 0.805. The summed E-state index contributed by atoms with van der Waals surface area (Å²) < 4.78 is 0.846. The van der Waals surface area contributed by atoms with Gasteiger partial charge in [0.15, 0.2) is 0 Å². The van der Waals surface area contributed by atoms with Crippen LogP contribution in [-0.4, -0.2) is 28.3 Å². The summed E-state index contributed by atoms with van der Waals surface area (Å²) in [5, 5.41) is 3.50. The molecule has 0 aliphatic carbocycles. The third kappa shape index (κ3) is 2.23. The predicted molar refractivity (Wildman–Crippen MR) is 70.7 cm³/mol. The normalized spacial score (nSPS) is 18.9. The van der Waals surface area contributed by atoms with Gasteiger partial charge in [-0.05, 0) is 6.07 Å². The largest absolute Gasteiger partial charge is 0.298 e. The first kappa shape index (κ1) is 11.6. The third-order valence-corrected chi connectivity index (χ3v) is 4.06. The Bertz CT molecular complexity index is 685. The third-order valence-electron chi connectivity index (χ3n) is 2.61. The molecule has 3 rings (SSSR count). The molecule has 4 nitrogen and oxygen atoms in total. The van der Waals surface area contributed by atoms with Gasteiger partial charge in [-0.2, -0.15) is 0 Å². The lowest BCUT2D eigenvalue weighted by Gasteiger charge is -1.95. The van der Waals surface area contributed by atoms with Gasteiger partial charge in [0, 0.05) is 6.42 Å². The standard InChI is InChI=1S/C12H8ClN3OS/c13-12-11-10(15-6-16-12)4-9(18-11)2-1-7-3-8(17)5-14-7/h4,6-7,14H,3,5H2/t7-/m0/s1. The van der Waals surface area contributed by atoms with Crippen molar-refractivity contribution in [3.63, 3.8) is 0 Å². The highest BCUT2D eigenvalue weighted by atomic mass is 35.5. The molecule has 0 unspecified atom stereocenters. The topological polar surface area (TPSA) is 54.9 Å². The van der Waals surface area contributed by atoms with E-state index in [0.29, 0.717) is 18.1 Å². The second-order valence-electron chi connectivity index (χ2n) is 3.94. The van der Waals surface area contributed by atoms with Crippen molar-refractivity contribution < 1.29 is 4.79 Å². The predicted octanol–water partition coefficient (Wildman–Crippen LogP) is 1.63. The highest BCUT2D eigenvalue weighted by Gasteiger charge is 2.18. The fourth-order valence-corrected chi connectivity index (χ4v) is 2.87. The van der Waals surface area contributed by atoms with E-state index in [4.69, 9.17) is 11.6 Å². The number of rotatable bonds is 0. The molecule has 0 amide bonds. The highest BCUT2D eigenvalue weighted by molar-refractivity contribution is 7.20. The summed E-state index contributed by atoms with van der Waals surface area (Å²) >= 11 is 7.44. The van der Waals surface area contributed by atoms with Crippen LogP contribution in [-0.2, 0) is 4.79 Å². The molecule has 6 heteroatoms. The van der Waals surface area contributed by atoms with Crippen LogP contribution in [0.15, 0.2) is 12.4 Å². The fraction of sp³-hybridized carbons (Fsp3) is 0.250. The van der Waals surface area contributed by atoms with Crippen LogP contribution in [0.5, 0.6) is 0 Å². The number of aromatic nitrogens is 2. The molecule has 1 saturated heterocycles. The van der Waals surface area contributed by atoms with E-state index in [-0.39, 0.29) is 11.8 Å². The van der Waals surface area contributed by atoms with Gasteiger partial charge in [-0.25, -0.2) is 9.97 Å². The number of nitrogens with zero attached hydrogens (tertiary/aromatic N) is 2. The lowest BCUT2D eigenvalue weighted by molar-refractivity contribution is -0.116. The molecule has 1 aliphatic heterocycles. The minimum Gasteiger partial charge on any atom is -0.298 e. The zero-order valence-corrected chi connectivity index (χ0v) is 10.8. The lowest BCUT2D eigenvalue weighted by atomic mass is 10.2. The number of carbonyl (C=O) groups excluding carboxylic acids is 1. The van der Waals surface area contributed by atoms with Gasteiger partial charge in [-0.3, -0.25) is 10.1 Å². The molecular weight excluding hydrogens is 270 g/mol. The first-order chi connectivity index (χ1) is 8.72. The monoisotopic (exact) mass is 277 g/mol. The molecule has 90 valence electrons. The number of Topliss-reactive ketones (excluding diaryl/α,β-unsaturated/α-hetero) is 1. The second-order valence-corrected chi connectivity index (χ2v) is 5.35. The van der Waals surface area contributed by atoms with E-state index in [1.165, 1.54) is 17.7 Å². The minimum atomic E-state index is -0.0377. The first-order valence-corrected chi connectivity index (χ1v) is 6.58. The van der Waals surface area contributed by atoms with Crippen molar-refractivity contribution in [2.45, 2.75) is 12.5 Å². The molecule has 0 radical (unpaired) electrons. The van der Waals surface area contributed by atoms with Gasteiger partial charge in [0.25, 0.3) is 0 Å². The van der Waals surface area contributed by atoms with E-state index < -0.39 is 0 Å². The first-order valence-electron chi connectivity index (χ1n) is 5.39.